The largest absolute Gasteiger partial charge is 0.496 e. The Balaban J connectivity index is 2.51. The third-order valence-electron chi connectivity index (χ3n) is 3.03. The molecule has 1 nitrogen and oxygen atoms in total. The predicted molar refractivity (Wildman–Crippen MR) is 94.0 cm³/mol. The second-order valence-electron chi connectivity index (χ2n) is 4.36. The molecule has 4 heteroatoms. The van der Waals surface area contributed by atoms with Gasteiger partial charge >= 0.3 is 0 Å². The molecular weight excluding hydrogens is 308 g/mol. The monoisotopic (exact) mass is 322 g/mol. The Hall–Kier alpha value is -1.03. The van der Waals surface area contributed by atoms with Gasteiger partial charge in [-0.3, -0.25) is 0 Å². The predicted octanol–water partition coefficient (Wildman–Crippen LogP) is 5.34. The first kappa shape index (κ1) is 15.4. The molecule has 0 heterocycles. The van der Waals surface area contributed by atoms with Gasteiger partial charge in [0.25, 0.3) is 0 Å². The summed E-state index contributed by atoms with van der Waals surface area (Å²) in [4.78, 5) is 1.50. The summed E-state index contributed by atoms with van der Waals surface area (Å²) in [6.07, 6.45) is 0. The van der Waals surface area contributed by atoms with Gasteiger partial charge < -0.3 is 4.74 Å². The zero-order valence-electron chi connectivity index (χ0n) is 11.2. The summed E-state index contributed by atoms with van der Waals surface area (Å²) in [5, 5.41) is 0.656. The minimum atomic E-state index is 0.656. The van der Waals surface area contributed by atoms with Gasteiger partial charge in [0.2, 0.25) is 0 Å². The van der Waals surface area contributed by atoms with Crippen LogP contribution in [0.5, 0.6) is 5.75 Å². The van der Waals surface area contributed by atoms with Gasteiger partial charge in [-0.25, -0.2) is 0 Å². The standard InChI is InChI=1S/C16H15ClOS2/c1-10-7-8-11(9-14(10)18-2)15(19)16(20)12-5-3-4-6-13(12)17/h3-9,19-20H,1-2H3. The summed E-state index contributed by atoms with van der Waals surface area (Å²) in [6.45, 7) is 2.00. The van der Waals surface area contributed by atoms with Crippen LogP contribution in [0.25, 0.3) is 9.81 Å². The molecule has 0 unspecified atom stereocenters. The molecule has 20 heavy (non-hydrogen) atoms. The SMILES string of the molecule is COc1cc(C(S)=C(S)c2ccccc2Cl)ccc1C. The fourth-order valence-electron chi connectivity index (χ4n) is 1.88. The van der Waals surface area contributed by atoms with Crippen molar-refractivity contribution in [2.45, 2.75) is 6.92 Å². The van der Waals surface area contributed by atoms with Gasteiger partial charge in [0, 0.05) is 20.4 Å². The average Bonchev–Trinajstić information content (AvgIpc) is 2.47. The summed E-state index contributed by atoms with van der Waals surface area (Å²) >= 11 is 15.3. The molecule has 0 spiro atoms. The van der Waals surface area contributed by atoms with Crippen molar-refractivity contribution in [2.75, 3.05) is 7.11 Å². The highest BCUT2D eigenvalue weighted by Gasteiger charge is 2.10. The van der Waals surface area contributed by atoms with Crippen LogP contribution in [-0.2, 0) is 0 Å². The molecule has 0 saturated heterocycles. The average molecular weight is 323 g/mol. The normalized spacial score (nSPS) is 12.1. The third kappa shape index (κ3) is 3.17. The van der Waals surface area contributed by atoms with E-state index in [1.165, 1.54) is 0 Å². The van der Waals surface area contributed by atoms with Gasteiger partial charge in [0.15, 0.2) is 0 Å². The second-order valence-corrected chi connectivity index (χ2v) is 5.66. The lowest BCUT2D eigenvalue weighted by atomic mass is 10.1. The molecule has 0 bridgehead atoms. The van der Waals surface area contributed by atoms with Crippen molar-refractivity contribution < 1.29 is 4.74 Å². The molecule has 2 rings (SSSR count). The quantitative estimate of drug-likeness (QED) is 0.572. The zero-order chi connectivity index (χ0) is 14.7. The number of rotatable bonds is 3. The number of hydrogen-bond acceptors (Lipinski definition) is 3. The number of benzene rings is 2. The fourth-order valence-corrected chi connectivity index (χ4v) is 2.76. The lowest BCUT2D eigenvalue weighted by Gasteiger charge is -2.11. The van der Waals surface area contributed by atoms with Crippen LogP contribution in [-0.4, -0.2) is 7.11 Å². The van der Waals surface area contributed by atoms with E-state index in [1.807, 2.05) is 49.4 Å². The molecule has 0 N–H and O–H groups in total. The first-order chi connectivity index (χ1) is 9.54. The van der Waals surface area contributed by atoms with E-state index in [1.54, 1.807) is 7.11 Å². The van der Waals surface area contributed by atoms with E-state index in [0.29, 0.717) is 5.02 Å². The first-order valence-electron chi connectivity index (χ1n) is 6.06. The number of ether oxygens (including phenoxy) is 1. The maximum atomic E-state index is 6.19. The van der Waals surface area contributed by atoms with E-state index < -0.39 is 0 Å². The number of hydrogen-bond donors (Lipinski definition) is 2. The van der Waals surface area contributed by atoms with Crippen molar-refractivity contribution in [1.82, 2.24) is 0 Å². The molecule has 0 aliphatic heterocycles. The van der Waals surface area contributed by atoms with Crippen LogP contribution < -0.4 is 4.74 Å². The third-order valence-corrected chi connectivity index (χ3v) is 4.49. The smallest absolute Gasteiger partial charge is 0.122 e. The number of aryl methyl sites for hydroxylation is 1. The van der Waals surface area contributed by atoms with Crippen molar-refractivity contribution in [3.63, 3.8) is 0 Å². The van der Waals surface area contributed by atoms with Gasteiger partial charge in [-0.05, 0) is 30.2 Å². The van der Waals surface area contributed by atoms with Crippen molar-refractivity contribution in [2.24, 2.45) is 0 Å². The molecule has 0 aromatic heterocycles. The summed E-state index contributed by atoms with van der Waals surface area (Å²) in [6, 6.07) is 13.5. The Kier molecular flexibility index (Phi) is 5.08. The van der Waals surface area contributed by atoms with Crippen molar-refractivity contribution in [3.05, 3.63) is 64.2 Å². The van der Waals surface area contributed by atoms with E-state index in [9.17, 15) is 0 Å². The van der Waals surface area contributed by atoms with E-state index in [0.717, 1.165) is 32.3 Å². The molecule has 0 aliphatic rings. The fraction of sp³-hybridized carbons (Fsp3) is 0.125. The molecule has 0 aliphatic carbocycles. The Morgan fingerprint density at radius 3 is 2.40 bits per heavy atom. The van der Waals surface area contributed by atoms with E-state index >= 15 is 0 Å². The lowest BCUT2D eigenvalue weighted by molar-refractivity contribution is 0.411. The Morgan fingerprint density at radius 1 is 1.05 bits per heavy atom. The zero-order valence-corrected chi connectivity index (χ0v) is 13.8. The maximum Gasteiger partial charge on any atom is 0.122 e. The Bertz CT molecular complexity index is 665. The summed E-state index contributed by atoms with van der Waals surface area (Å²) in [5.74, 6) is 0.828. The molecule has 0 saturated carbocycles. The molecule has 0 fully saturated rings. The van der Waals surface area contributed by atoms with Crippen LogP contribution in [0.1, 0.15) is 16.7 Å². The maximum absolute atomic E-state index is 6.19. The Morgan fingerprint density at radius 2 is 1.75 bits per heavy atom. The van der Waals surface area contributed by atoms with Gasteiger partial charge in [-0.2, -0.15) is 0 Å². The highest BCUT2D eigenvalue weighted by molar-refractivity contribution is 7.96. The Labute approximate surface area is 135 Å². The van der Waals surface area contributed by atoms with E-state index in [2.05, 4.69) is 25.3 Å². The highest BCUT2D eigenvalue weighted by atomic mass is 35.5. The van der Waals surface area contributed by atoms with Crippen LogP contribution in [0.15, 0.2) is 42.5 Å². The topological polar surface area (TPSA) is 9.23 Å². The van der Waals surface area contributed by atoms with Crippen LogP contribution in [0.4, 0.5) is 0 Å². The number of thiol groups is 2. The van der Waals surface area contributed by atoms with E-state index in [4.69, 9.17) is 16.3 Å². The number of methoxy groups -OCH3 is 1. The van der Waals surface area contributed by atoms with Gasteiger partial charge in [0.1, 0.15) is 5.75 Å². The van der Waals surface area contributed by atoms with Crippen LogP contribution in [0, 0.1) is 6.92 Å². The summed E-state index contributed by atoms with van der Waals surface area (Å²) < 4.78 is 5.34. The second kappa shape index (κ2) is 6.61. The molecule has 0 amide bonds. The van der Waals surface area contributed by atoms with Crippen molar-refractivity contribution in [1.29, 1.82) is 0 Å². The van der Waals surface area contributed by atoms with Gasteiger partial charge in [-0.15, -0.1) is 25.3 Å². The molecule has 2 aromatic rings. The van der Waals surface area contributed by atoms with Crippen molar-refractivity contribution in [3.8, 4) is 5.75 Å². The first-order valence-corrected chi connectivity index (χ1v) is 7.34. The molecule has 2 aromatic carbocycles. The van der Waals surface area contributed by atoms with Gasteiger partial charge in [-0.1, -0.05) is 41.9 Å². The van der Waals surface area contributed by atoms with Crippen LogP contribution >= 0.6 is 36.9 Å². The summed E-state index contributed by atoms with van der Waals surface area (Å²) in [7, 11) is 1.66. The molecule has 0 radical (unpaired) electrons. The molecule has 0 atom stereocenters. The lowest BCUT2D eigenvalue weighted by Crippen LogP contribution is -1.90. The minimum Gasteiger partial charge on any atom is -0.496 e. The highest BCUT2D eigenvalue weighted by Crippen LogP contribution is 2.36. The van der Waals surface area contributed by atoms with E-state index in [-0.39, 0.29) is 0 Å². The van der Waals surface area contributed by atoms with Crippen LogP contribution in [0.2, 0.25) is 5.02 Å². The molecular formula is C16H15ClOS2. The minimum absolute atomic E-state index is 0.656. The number of halogens is 1. The van der Waals surface area contributed by atoms with Crippen LogP contribution in [0.3, 0.4) is 0 Å². The molecule has 104 valence electrons. The van der Waals surface area contributed by atoms with Gasteiger partial charge in [0.05, 0.1) is 7.11 Å². The van der Waals surface area contributed by atoms with Crippen molar-refractivity contribution >= 4 is 46.7 Å². The summed E-state index contributed by atoms with van der Waals surface area (Å²) in [5.41, 5.74) is 2.89.